The minimum atomic E-state index is -0.165. The van der Waals surface area contributed by atoms with Crippen LogP contribution in [0, 0.1) is 6.92 Å². The average Bonchev–Trinajstić information content (AvgIpc) is 3.47. The van der Waals surface area contributed by atoms with E-state index in [1.165, 1.54) is 11.8 Å². The number of carbonyl (C=O) groups is 1. The first-order valence-electron chi connectivity index (χ1n) is 9.90. The van der Waals surface area contributed by atoms with Gasteiger partial charge < -0.3 is 14.8 Å². The molecule has 0 radical (unpaired) electrons. The standard InChI is InChI=1S/C23H23N5O3S/c1-16-7-6-8-17(13-16)22-25-26-23(28(22)27-11-4-5-12-27)32-15-21(29)24-18-9-10-19(30-2)20(14-18)31-3/h4-14H,15H2,1-3H3,(H,24,29). The molecule has 0 bridgehead atoms. The van der Waals surface area contributed by atoms with Gasteiger partial charge in [0.1, 0.15) is 0 Å². The second-order valence-electron chi connectivity index (χ2n) is 6.96. The van der Waals surface area contributed by atoms with Gasteiger partial charge >= 0.3 is 0 Å². The number of rotatable bonds is 8. The molecule has 0 aliphatic heterocycles. The highest BCUT2D eigenvalue weighted by Gasteiger charge is 2.17. The molecule has 0 aliphatic carbocycles. The molecule has 32 heavy (non-hydrogen) atoms. The van der Waals surface area contributed by atoms with Crippen LogP contribution in [-0.2, 0) is 4.79 Å². The first-order chi connectivity index (χ1) is 15.6. The Morgan fingerprint density at radius 1 is 1.00 bits per heavy atom. The maximum absolute atomic E-state index is 12.6. The van der Waals surface area contributed by atoms with Crippen LogP contribution in [0.2, 0.25) is 0 Å². The summed E-state index contributed by atoms with van der Waals surface area (Å²) in [5.41, 5.74) is 2.71. The number of benzene rings is 2. The smallest absolute Gasteiger partial charge is 0.234 e. The zero-order valence-electron chi connectivity index (χ0n) is 18.0. The first-order valence-corrected chi connectivity index (χ1v) is 10.9. The number of nitrogens with one attached hydrogen (secondary N) is 1. The normalized spacial score (nSPS) is 10.7. The maximum atomic E-state index is 12.6. The van der Waals surface area contributed by atoms with Crippen molar-refractivity contribution in [2.24, 2.45) is 0 Å². The monoisotopic (exact) mass is 449 g/mol. The Hall–Kier alpha value is -3.72. The number of nitrogens with zero attached hydrogens (tertiary/aromatic N) is 4. The molecule has 0 fully saturated rings. The Kier molecular flexibility index (Phi) is 6.46. The van der Waals surface area contributed by atoms with Crippen molar-refractivity contribution in [3.8, 4) is 22.9 Å². The third kappa shape index (κ3) is 4.62. The van der Waals surface area contributed by atoms with Crippen molar-refractivity contribution in [2.75, 3.05) is 25.3 Å². The number of hydrogen-bond donors (Lipinski definition) is 1. The lowest BCUT2D eigenvalue weighted by Gasteiger charge is -2.12. The topological polar surface area (TPSA) is 83.2 Å². The number of amides is 1. The third-order valence-electron chi connectivity index (χ3n) is 4.71. The van der Waals surface area contributed by atoms with Gasteiger partial charge in [-0.2, -0.15) is 0 Å². The van der Waals surface area contributed by atoms with Crippen molar-refractivity contribution in [1.29, 1.82) is 0 Å². The van der Waals surface area contributed by atoms with E-state index < -0.39 is 0 Å². The molecule has 4 rings (SSSR count). The summed E-state index contributed by atoms with van der Waals surface area (Å²) in [4.78, 5) is 12.6. The fourth-order valence-corrected chi connectivity index (χ4v) is 3.96. The van der Waals surface area contributed by atoms with E-state index >= 15 is 0 Å². The molecule has 1 N–H and O–H groups in total. The van der Waals surface area contributed by atoms with Crippen molar-refractivity contribution >= 4 is 23.4 Å². The molecule has 0 saturated heterocycles. The molecule has 2 aromatic heterocycles. The van der Waals surface area contributed by atoms with Crippen molar-refractivity contribution in [3.63, 3.8) is 0 Å². The van der Waals surface area contributed by atoms with Crippen LogP contribution in [0.25, 0.3) is 11.4 Å². The molecule has 0 spiro atoms. The number of anilines is 1. The van der Waals surface area contributed by atoms with E-state index in [0.29, 0.717) is 28.2 Å². The predicted octanol–water partition coefficient (Wildman–Crippen LogP) is 4.11. The summed E-state index contributed by atoms with van der Waals surface area (Å²) < 4.78 is 14.3. The number of aromatic nitrogens is 4. The minimum Gasteiger partial charge on any atom is -0.493 e. The van der Waals surface area contributed by atoms with Gasteiger partial charge in [-0.25, -0.2) is 4.68 Å². The van der Waals surface area contributed by atoms with E-state index in [1.54, 1.807) is 32.4 Å². The molecule has 0 saturated carbocycles. The molecule has 1 amide bonds. The fraction of sp³-hybridized carbons (Fsp3) is 0.174. The Labute approximate surface area is 190 Å². The van der Waals surface area contributed by atoms with Crippen LogP contribution in [0.5, 0.6) is 11.5 Å². The Bertz CT molecular complexity index is 1220. The summed E-state index contributed by atoms with van der Waals surface area (Å²) in [5, 5.41) is 12.2. The van der Waals surface area contributed by atoms with Crippen LogP contribution in [0.1, 0.15) is 5.56 Å². The van der Waals surface area contributed by atoms with Crippen LogP contribution < -0.4 is 14.8 Å². The van der Waals surface area contributed by atoms with Gasteiger partial charge in [-0.3, -0.25) is 9.47 Å². The SMILES string of the molecule is COc1ccc(NC(=O)CSc2nnc(-c3cccc(C)c3)n2-n2cccc2)cc1OC. The average molecular weight is 450 g/mol. The number of thioether (sulfide) groups is 1. The summed E-state index contributed by atoms with van der Waals surface area (Å²) >= 11 is 1.31. The lowest BCUT2D eigenvalue weighted by molar-refractivity contribution is -0.113. The summed E-state index contributed by atoms with van der Waals surface area (Å²) in [6, 6.07) is 17.2. The second-order valence-corrected chi connectivity index (χ2v) is 7.90. The highest BCUT2D eigenvalue weighted by atomic mass is 32.2. The zero-order chi connectivity index (χ0) is 22.5. The second kappa shape index (κ2) is 9.61. The number of hydrogen-bond acceptors (Lipinski definition) is 6. The van der Waals surface area contributed by atoms with Crippen molar-refractivity contribution < 1.29 is 14.3 Å². The Morgan fingerprint density at radius 3 is 2.50 bits per heavy atom. The van der Waals surface area contributed by atoms with Crippen LogP contribution in [0.3, 0.4) is 0 Å². The maximum Gasteiger partial charge on any atom is 0.234 e. The van der Waals surface area contributed by atoms with Gasteiger partial charge in [-0.05, 0) is 37.3 Å². The molecule has 164 valence electrons. The van der Waals surface area contributed by atoms with E-state index in [0.717, 1.165) is 11.1 Å². The van der Waals surface area contributed by atoms with Gasteiger partial charge in [0.2, 0.25) is 11.1 Å². The minimum absolute atomic E-state index is 0.165. The van der Waals surface area contributed by atoms with Gasteiger partial charge in [0.15, 0.2) is 17.3 Å². The molecule has 4 aromatic rings. The number of methoxy groups -OCH3 is 2. The molecule has 0 aliphatic rings. The number of carbonyl (C=O) groups excluding carboxylic acids is 1. The first kappa shape index (κ1) is 21.5. The number of aryl methyl sites for hydroxylation is 1. The highest BCUT2D eigenvalue weighted by molar-refractivity contribution is 7.99. The molecule has 0 unspecified atom stereocenters. The van der Waals surface area contributed by atoms with Gasteiger partial charge in [-0.15, -0.1) is 10.2 Å². The van der Waals surface area contributed by atoms with Gasteiger partial charge in [-0.1, -0.05) is 35.5 Å². The van der Waals surface area contributed by atoms with Crippen LogP contribution >= 0.6 is 11.8 Å². The number of ether oxygens (including phenoxy) is 2. The summed E-state index contributed by atoms with van der Waals surface area (Å²) in [5.74, 6) is 1.85. The molecule has 2 heterocycles. The summed E-state index contributed by atoms with van der Waals surface area (Å²) in [7, 11) is 3.12. The molecule has 9 heteroatoms. The zero-order valence-corrected chi connectivity index (χ0v) is 18.8. The van der Waals surface area contributed by atoms with E-state index in [1.807, 2.05) is 59.0 Å². The van der Waals surface area contributed by atoms with Gasteiger partial charge in [0.25, 0.3) is 0 Å². The summed E-state index contributed by atoms with van der Waals surface area (Å²) in [6.07, 6.45) is 3.83. The van der Waals surface area contributed by atoms with Crippen LogP contribution in [-0.4, -0.2) is 45.4 Å². The highest BCUT2D eigenvalue weighted by Crippen LogP contribution is 2.30. The molecule has 0 atom stereocenters. The van der Waals surface area contributed by atoms with Crippen molar-refractivity contribution in [3.05, 3.63) is 72.6 Å². The fourth-order valence-electron chi connectivity index (χ4n) is 3.23. The van der Waals surface area contributed by atoms with Crippen LogP contribution in [0.15, 0.2) is 72.1 Å². The predicted molar refractivity (Wildman–Crippen MR) is 124 cm³/mol. The molecule has 2 aromatic carbocycles. The Balaban J connectivity index is 1.53. The van der Waals surface area contributed by atoms with E-state index in [2.05, 4.69) is 21.6 Å². The van der Waals surface area contributed by atoms with Gasteiger partial charge in [0.05, 0.1) is 20.0 Å². The van der Waals surface area contributed by atoms with E-state index in [9.17, 15) is 4.79 Å². The molecular formula is C23H23N5O3S. The van der Waals surface area contributed by atoms with E-state index in [-0.39, 0.29) is 11.7 Å². The quantitative estimate of drug-likeness (QED) is 0.408. The summed E-state index contributed by atoms with van der Waals surface area (Å²) in [6.45, 7) is 2.04. The molecule has 8 nitrogen and oxygen atoms in total. The van der Waals surface area contributed by atoms with E-state index in [4.69, 9.17) is 9.47 Å². The lowest BCUT2D eigenvalue weighted by atomic mass is 10.1. The van der Waals surface area contributed by atoms with Crippen molar-refractivity contribution in [1.82, 2.24) is 19.5 Å². The Morgan fingerprint density at radius 2 is 1.78 bits per heavy atom. The largest absolute Gasteiger partial charge is 0.493 e. The van der Waals surface area contributed by atoms with Crippen molar-refractivity contribution in [2.45, 2.75) is 12.1 Å². The van der Waals surface area contributed by atoms with Gasteiger partial charge in [0, 0.05) is 29.7 Å². The lowest BCUT2D eigenvalue weighted by Crippen LogP contribution is -2.16. The third-order valence-corrected chi connectivity index (χ3v) is 5.63. The van der Waals surface area contributed by atoms with Crippen LogP contribution in [0.4, 0.5) is 5.69 Å². The molecular weight excluding hydrogens is 426 g/mol.